The van der Waals surface area contributed by atoms with Gasteiger partial charge in [-0.2, -0.15) is 0 Å². The van der Waals surface area contributed by atoms with E-state index >= 15 is 0 Å². The first-order chi connectivity index (χ1) is 8.05. The number of carbonyl (C=O) groups excluding carboxylic acids is 1. The van der Waals surface area contributed by atoms with Crippen molar-refractivity contribution in [2.24, 2.45) is 0 Å². The van der Waals surface area contributed by atoms with Gasteiger partial charge in [0.05, 0.1) is 5.60 Å². The van der Waals surface area contributed by atoms with E-state index in [0.717, 1.165) is 25.9 Å². The highest BCUT2D eigenvalue weighted by molar-refractivity contribution is 5.74. The molecule has 0 aromatic carbocycles. The maximum atomic E-state index is 12.0. The molecule has 0 aliphatic carbocycles. The Hall–Kier alpha value is -0.770. The normalized spacial score (nSPS) is 17.7. The predicted molar refractivity (Wildman–Crippen MR) is 69.1 cm³/mol. The molecule has 0 unspecified atom stereocenters. The summed E-state index contributed by atoms with van der Waals surface area (Å²) in [5.41, 5.74) is -0.281. The Bertz CT molecular complexity index is 234. The molecule has 0 aromatic heterocycles. The quantitative estimate of drug-likeness (QED) is 0.822. The summed E-state index contributed by atoms with van der Waals surface area (Å²) in [4.78, 5) is 13.9. The van der Waals surface area contributed by atoms with E-state index in [-0.39, 0.29) is 11.6 Å². The lowest BCUT2D eigenvalue weighted by molar-refractivity contribution is -0.00761. The third-order valence-electron chi connectivity index (χ3n) is 3.09. The molecule has 1 heterocycles. The number of hydrogen-bond donors (Lipinski definition) is 1. The van der Waals surface area contributed by atoms with Crippen LogP contribution in [0.15, 0.2) is 0 Å². The number of amides is 2. The van der Waals surface area contributed by atoms with Crippen molar-refractivity contribution in [1.29, 1.82) is 0 Å². The zero-order chi connectivity index (χ0) is 12.7. The van der Waals surface area contributed by atoms with Gasteiger partial charge in [-0.05, 0) is 33.6 Å². The topological polar surface area (TPSA) is 41.6 Å². The molecule has 0 bridgehead atoms. The fourth-order valence-electron chi connectivity index (χ4n) is 2.12. The molecule has 2 amide bonds. The van der Waals surface area contributed by atoms with Gasteiger partial charge in [-0.15, -0.1) is 0 Å². The van der Waals surface area contributed by atoms with E-state index in [1.165, 1.54) is 12.8 Å². The molecule has 4 heteroatoms. The van der Waals surface area contributed by atoms with Crippen molar-refractivity contribution in [3.05, 3.63) is 0 Å². The Morgan fingerprint density at radius 3 is 2.35 bits per heavy atom. The van der Waals surface area contributed by atoms with E-state index in [1.807, 2.05) is 25.7 Å². The van der Waals surface area contributed by atoms with Crippen LogP contribution < -0.4 is 5.32 Å². The number of hydrogen-bond acceptors (Lipinski definition) is 2. The number of nitrogens with zero attached hydrogens (tertiary/aromatic N) is 1. The van der Waals surface area contributed by atoms with Gasteiger partial charge in [-0.25, -0.2) is 4.79 Å². The lowest BCUT2D eigenvalue weighted by atomic mass is 10.1. The molecule has 4 nitrogen and oxygen atoms in total. The van der Waals surface area contributed by atoms with Crippen molar-refractivity contribution < 1.29 is 9.53 Å². The molecule has 1 saturated heterocycles. The molecule has 1 aliphatic rings. The van der Waals surface area contributed by atoms with Gasteiger partial charge < -0.3 is 15.0 Å². The molecule has 0 radical (unpaired) electrons. The van der Waals surface area contributed by atoms with Crippen LogP contribution >= 0.6 is 0 Å². The van der Waals surface area contributed by atoms with Crippen LogP contribution in [0.3, 0.4) is 0 Å². The minimum absolute atomic E-state index is 0.0553. The Kier molecular flexibility index (Phi) is 5.75. The van der Waals surface area contributed by atoms with E-state index in [9.17, 15) is 4.79 Å². The van der Waals surface area contributed by atoms with E-state index in [1.54, 1.807) is 0 Å². The number of rotatable bonds is 4. The van der Waals surface area contributed by atoms with Crippen molar-refractivity contribution in [3.8, 4) is 0 Å². The van der Waals surface area contributed by atoms with Gasteiger partial charge in [0, 0.05) is 26.2 Å². The third kappa shape index (κ3) is 5.39. The first kappa shape index (κ1) is 14.3. The molecule has 1 aliphatic heterocycles. The van der Waals surface area contributed by atoms with Gasteiger partial charge in [0.15, 0.2) is 0 Å². The molecule has 0 saturated carbocycles. The van der Waals surface area contributed by atoms with Crippen LogP contribution in [-0.4, -0.2) is 42.8 Å². The summed E-state index contributed by atoms with van der Waals surface area (Å²) in [7, 11) is 0. The van der Waals surface area contributed by atoms with Crippen LogP contribution in [0.2, 0.25) is 0 Å². The number of carbonyl (C=O) groups is 1. The predicted octanol–water partition coefficient (Wildman–Crippen LogP) is 2.39. The summed E-state index contributed by atoms with van der Waals surface area (Å²) in [5, 5.41) is 2.97. The smallest absolute Gasteiger partial charge is 0.317 e. The molecular formula is C13H26N2O2. The highest BCUT2D eigenvalue weighted by Gasteiger charge is 2.21. The van der Waals surface area contributed by atoms with Gasteiger partial charge in [0.2, 0.25) is 0 Å². The van der Waals surface area contributed by atoms with E-state index in [0.29, 0.717) is 13.2 Å². The maximum absolute atomic E-state index is 12.0. The number of urea groups is 1. The van der Waals surface area contributed by atoms with Gasteiger partial charge >= 0.3 is 6.03 Å². The van der Waals surface area contributed by atoms with Crippen LogP contribution in [0.1, 0.15) is 46.5 Å². The fourth-order valence-corrected chi connectivity index (χ4v) is 2.12. The summed E-state index contributed by atoms with van der Waals surface area (Å²) < 4.78 is 5.56. The Labute approximate surface area is 105 Å². The van der Waals surface area contributed by atoms with Crippen LogP contribution in [0.5, 0.6) is 0 Å². The van der Waals surface area contributed by atoms with Crippen LogP contribution in [-0.2, 0) is 4.74 Å². The van der Waals surface area contributed by atoms with Crippen molar-refractivity contribution >= 4 is 6.03 Å². The fraction of sp³-hybridized carbons (Fsp3) is 0.923. The molecule has 0 aromatic rings. The van der Waals surface area contributed by atoms with Crippen molar-refractivity contribution in [1.82, 2.24) is 10.2 Å². The summed E-state index contributed by atoms with van der Waals surface area (Å²) >= 11 is 0. The lowest BCUT2D eigenvalue weighted by Crippen LogP contribution is -2.46. The minimum atomic E-state index is -0.281. The average Bonchev–Trinajstić information content (AvgIpc) is 2.54. The van der Waals surface area contributed by atoms with Crippen molar-refractivity contribution in [2.75, 3.05) is 26.2 Å². The highest BCUT2D eigenvalue weighted by atomic mass is 16.5. The number of ether oxygens (including phenoxy) is 1. The van der Waals surface area contributed by atoms with Crippen molar-refractivity contribution in [2.45, 2.75) is 52.1 Å². The Morgan fingerprint density at radius 1 is 1.24 bits per heavy atom. The monoisotopic (exact) mass is 242 g/mol. The summed E-state index contributed by atoms with van der Waals surface area (Å²) in [6, 6.07) is 0.0553. The van der Waals surface area contributed by atoms with Crippen LogP contribution in [0.4, 0.5) is 4.79 Å². The molecular weight excluding hydrogens is 216 g/mol. The molecule has 1 fully saturated rings. The average molecular weight is 242 g/mol. The SMILES string of the molecule is CCOC(C)(C)CNC(=O)N1CCCCCC1. The second-order valence-electron chi connectivity index (χ2n) is 5.25. The van der Waals surface area contributed by atoms with Gasteiger partial charge in [0.25, 0.3) is 0 Å². The molecule has 0 atom stereocenters. The van der Waals surface area contributed by atoms with Crippen LogP contribution in [0, 0.1) is 0 Å². The Balaban J connectivity index is 2.32. The Morgan fingerprint density at radius 2 is 1.82 bits per heavy atom. The largest absolute Gasteiger partial charge is 0.374 e. The summed E-state index contributed by atoms with van der Waals surface area (Å²) in [6.45, 7) is 8.99. The molecule has 1 N–H and O–H groups in total. The van der Waals surface area contributed by atoms with E-state index < -0.39 is 0 Å². The summed E-state index contributed by atoms with van der Waals surface area (Å²) in [6.07, 6.45) is 4.74. The third-order valence-corrected chi connectivity index (χ3v) is 3.09. The second kappa shape index (κ2) is 6.84. The maximum Gasteiger partial charge on any atom is 0.317 e. The highest BCUT2D eigenvalue weighted by Crippen LogP contribution is 2.11. The van der Waals surface area contributed by atoms with Gasteiger partial charge in [-0.1, -0.05) is 12.8 Å². The minimum Gasteiger partial charge on any atom is -0.374 e. The van der Waals surface area contributed by atoms with Gasteiger partial charge in [0.1, 0.15) is 0 Å². The first-order valence-corrected chi connectivity index (χ1v) is 6.72. The zero-order valence-electron chi connectivity index (χ0n) is 11.4. The standard InChI is InChI=1S/C13H26N2O2/c1-4-17-13(2,3)11-14-12(16)15-9-7-5-6-8-10-15/h4-11H2,1-3H3,(H,14,16). The first-order valence-electron chi connectivity index (χ1n) is 6.72. The van der Waals surface area contributed by atoms with Gasteiger partial charge in [-0.3, -0.25) is 0 Å². The lowest BCUT2D eigenvalue weighted by Gasteiger charge is -2.27. The zero-order valence-corrected chi connectivity index (χ0v) is 11.4. The second-order valence-corrected chi connectivity index (χ2v) is 5.25. The van der Waals surface area contributed by atoms with E-state index in [4.69, 9.17) is 4.74 Å². The molecule has 1 rings (SSSR count). The van der Waals surface area contributed by atoms with Crippen molar-refractivity contribution in [3.63, 3.8) is 0 Å². The molecule has 100 valence electrons. The molecule has 17 heavy (non-hydrogen) atoms. The number of likely N-dealkylation sites (tertiary alicyclic amines) is 1. The number of nitrogens with one attached hydrogen (secondary N) is 1. The summed E-state index contributed by atoms with van der Waals surface area (Å²) in [5.74, 6) is 0. The van der Waals surface area contributed by atoms with Crippen LogP contribution in [0.25, 0.3) is 0 Å². The van der Waals surface area contributed by atoms with E-state index in [2.05, 4.69) is 5.32 Å². The molecule has 0 spiro atoms.